The van der Waals surface area contributed by atoms with Gasteiger partial charge in [-0.2, -0.15) is 5.26 Å². The summed E-state index contributed by atoms with van der Waals surface area (Å²) in [4.78, 5) is 8.63. The van der Waals surface area contributed by atoms with Crippen molar-refractivity contribution in [3.05, 3.63) is 53.3 Å². The van der Waals surface area contributed by atoms with Crippen molar-refractivity contribution in [3.8, 4) is 6.07 Å². The topological polar surface area (TPSA) is 48.5 Å². The molecule has 0 aromatic heterocycles. The lowest BCUT2D eigenvalue weighted by molar-refractivity contribution is 0.506. The highest BCUT2D eigenvalue weighted by Gasteiger charge is 2.24. The van der Waals surface area contributed by atoms with Crippen LogP contribution in [0.4, 0.5) is 14.5 Å². The Hall–Kier alpha value is -2.61. The summed E-state index contributed by atoms with van der Waals surface area (Å²) in [7, 11) is 0. The molecular formula is C19H19F2N3. The summed E-state index contributed by atoms with van der Waals surface area (Å²) < 4.78 is 27.0. The number of nitrogens with zero attached hydrogens (tertiary/aromatic N) is 3. The third-order valence-electron chi connectivity index (χ3n) is 3.86. The number of fused-ring (bicyclic) bond motifs is 1. The molecule has 1 aliphatic rings. The predicted molar refractivity (Wildman–Crippen MR) is 92.7 cm³/mol. The zero-order valence-electron chi connectivity index (χ0n) is 14.0. The molecule has 24 heavy (non-hydrogen) atoms. The fraction of sp³-hybridized carbons (Fsp3) is 0.316. The first-order chi connectivity index (χ1) is 11.5. The summed E-state index contributed by atoms with van der Waals surface area (Å²) in [6.07, 6.45) is 6.58. The van der Waals surface area contributed by atoms with Gasteiger partial charge in [0.05, 0.1) is 11.4 Å². The molecule has 3 nitrogen and oxygen atoms in total. The number of nitriles is 1. The van der Waals surface area contributed by atoms with Crippen molar-refractivity contribution >= 4 is 17.1 Å². The lowest BCUT2D eigenvalue weighted by Gasteiger charge is -2.23. The van der Waals surface area contributed by atoms with E-state index in [0.29, 0.717) is 29.0 Å². The van der Waals surface area contributed by atoms with E-state index < -0.39 is 11.6 Å². The van der Waals surface area contributed by atoms with Crippen LogP contribution in [0.5, 0.6) is 0 Å². The minimum Gasteiger partial charge on any atom is -0.252 e. The molecule has 0 bridgehead atoms. The van der Waals surface area contributed by atoms with E-state index in [2.05, 4.69) is 16.1 Å². The van der Waals surface area contributed by atoms with E-state index in [1.807, 2.05) is 19.9 Å². The Morgan fingerprint density at radius 1 is 1.42 bits per heavy atom. The van der Waals surface area contributed by atoms with Crippen LogP contribution in [0.1, 0.15) is 45.1 Å². The van der Waals surface area contributed by atoms with Gasteiger partial charge in [0.1, 0.15) is 11.8 Å². The van der Waals surface area contributed by atoms with Gasteiger partial charge in [0.25, 0.3) is 0 Å². The summed E-state index contributed by atoms with van der Waals surface area (Å²) in [6, 6.07) is 4.39. The van der Waals surface area contributed by atoms with Gasteiger partial charge in [-0.1, -0.05) is 26.0 Å². The molecule has 5 heteroatoms. The van der Waals surface area contributed by atoms with Crippen LogP contribution < -0.4 is 0 Å². The molecule has 1 aliphatic heterocycles. The fourth-order valence-corrected chi connectivity index (χ4v) is 2.64. The van der Waals surface area contributed by atoms with Gasteiger partial charge >= 0.3 is 0 Å². The molecule has 0 amide bonds. The van der Waals surface area contributed by atoms with Crippen molar-refractivity contribution in [2.75, 3.05) is 0 Å². The number of aliphatic imine (C=N–C) groups is 2. The summed E-state index contributed by atoms with van der Waals surface area (Å²) in [5.74, 6) is -1.81. The van der Waals surface area contributed by atoms with E-state index in [1.54, 1.807) is 19.2 Å². The second-order valence-corrected chi connectivity index (χ2v) is 5.57. The van der Waals surface area contributed by atoms with Crippen molar-refractivity contribution < 1.29 is 8.78 Å². The Labute approximate surface area is 140 Å². The molecule has 1 heterocycles. The summed E-state index contributed by atoms with van der Waals surface area (Å²) >= 11 is 0. The van der Waals surface area contributed by atoms with E-state index in [4.69, 9.17) is 0 Å². The third-order valence-corrected chi connectivity index (χ3v) is 3.86. The number of allylic oxidation sites excluding steroid dienone is 3. The third kappa shape index (κ3) is 3.65. The number of hydrogen-bond donors (Lipinski definition) is 0. The second kappa shape index (κ2) is 7.78. The molecule has 0 N–H and O–H groups in total. The average molecular weight is 327 g/mol. The molecule has 0 fully saturated rings. The minimum atomic E-state index is -0.923. The molecule has 1 atom stereocenters. The van der Waals surface area contributed by atoms with Gasteiger partial charge in [0.2, 0.25) is 0 Å². The van der Waals surface area contributed by atoms with Gasteiger partial charge in [0.15, 0.2) is 11.6 Å². The van der Waals surface area contributed by atoms with E-state index in [1.165, 1.54) is 6.07 Å². The maximum Gasteiger partial charge on any atom is 0.160 e. The van der Waals surface area contributed by atoms with Gasteiger partial charge in [-0.05, 0) is 37.3 Å². The molecule has 0 aliphatic carbocycles. The molecule has 2 rings (SSSR count). The van der Waals surface area contributed by atoms with E-state index >= 15 is 0 Å². The first-order valence-electron chi connectivity index (χ1n) is 7.88. The van der Waals surface area contributed by atoms with Crippen LogP contribution in [0.15, 0.2) is 46.0 Å². The van der Waals surface area contributed by atoms with Crippen molar-refractivity contribution in [2.24, 2.45) is 9.98 Å². The fourth-order valence-electron chi connectivity index (χ4n) is 2.64. The van der Waals surface area contributed by atoms with Crippen LogP contribution in [0.3, 0.4) is 0 Å². The molecule has 1 aromatic carbocycles. The SMILES string of the molecule is C\C=C(C1=Nc2cc(F)c(F)cc2C(C)C1)/C(C#N)=N\C=C/CC. The monoisotopic (exact) mass is 327 g/mol. The first-order valence-corrected chi connectivity index (χ1v) is 7.88. The van der Waals surface area contributed by atoms with Crippen LogP contribution in [0.25, 0.3) is 0 Å². The van der Waals surface area contributed by atoms with Crippen LogP contribution >= 0.6 is 0 Å². The van der Waals surface area contributed by atoms with Gasteiger partial charge in [-0.3, -0.25) is 4.99 Å². The zero-order valence-corrected chi connectivity index (χ0v) is 14.0. The Bertz CT molecular complexity index is 796. The molecule has 0 saturated carbocycles. The molecule has 0 radical (unpaired) electrons. The second-order valence-electron chi connectivity index (χ2n) is 5.57. The van der Waals surface area contributed by atoms with Crippen LogP contribution in [-0.4, -0.2) is 11.4 Å². The highest BCUT2D eigenvalue weighted by Crippen LogP contribution is 2.37. The maximum absolute atomic E-state index is 13.5. The predicted octanol–water partition coefficient (Wildman–Crippen LogP) is 5.38. The van der Waals surface area contributed by atoms with Crippen molar-refractivity contribution in [3.63, 3.8) is 0 Å². The molecule has 0 saturated heterocycles. The maximum atomic E-state index is 13.5. The number of benzene rings is 1. The van der Waals surface area contributed by atoms with Crippen LogP contribution in [-0.2, 0) is 0 Å². The Kier molecular flexibility index (Phi) is 5.75. The van der Waals surface area contributed by atoms with Crippen molar-refractivity contribution in [1.82, 2.24) is 0 Å². The highest BCUT2D eigenvalue weighted by molar-refractivity contribution is 6.30. The number of halogens is 2. The largest absolute Gasteiger partial charge is 0.252 e. The first kappa shape index (κ1) is 17.7. The normalized spacial score (nSPS) is 18.3. The Morgan fingerprint density at radius 2 is 2.12 bits per heavy atom. The Balaban J connectivity index is 2.48. The van der Waals surface area contributed by atoms with Crippen LogP contribution in [0.2, 0.25) is 0 Å². The highest BCUT2D eigenvalue weighted by atomic mass is 19.2. The molecule has 124 valence electrons. The summed E-state index contributed by atoms with van der Waals surface area (Å²) in [5.41, 5.74) is 2.63. The lowest BCUT2D eigenvalue weighted by atomic mass is 9.87. The number of rotatable bonds is 4. The van der Waals surface area contributed by atoms with Crippen molar-refractivity contribution in [2.45, 2.75) is 39.5 Å². The van der Waals surface area contributed by atoms with Gasteiger partial charge < -0.3 is 0 Å². The average Bonchev–Trinajstić information content (AvgIpc) is 2.56. The molecular weight excluding hydrogens is 308 g/mol. The smallest absolute Gasteiger partial charge is 0.160 e. The van der Waals surface area contributed by atoms with E-state index in [-0.39, 0.29) is 11.6 Å². The van der Waals surface area contributed by atoms with Crippen LogP contribution in [0, 0.1) is 23.0 Å². The van der Waals surface area contributed by atoms with E-state index in [0.717, 1.165) is 12.5 Å². The molecule has 0 spiro atoms. The van der Waals surface area contributed by atoms with Gasteiger partial charge in [-0.25, -0.2) is 13.8 Å². The lowest BCUT2D eigenvalue weighted by Crippen LogP contribution is -2.17. The quantitative estimate of drug-likeness (QED) is 0.685. The standard InChI is InChI=1S/C19H19F2N3/c1-4-6-7-23-19(11-22)13(5-2)17-8-12(3)14-9-15(20)16(21)10-18(14)24-17/h5-7,9-10,12H,4,8H2,1-3H3/b7-6-,13-5-,23-19-. The number of hydrogen-bond acceptors (Lipinski definition) is 3. The van der Waals surface area contributed by atoms with Gasteiger partial charge in [0, 0.05) is 17.8 Å². The Morgan fingerprint density at radius 3 is 2.75 bits per heavy atom. The summed E-state index contributed by atoms with van der Waals surface area (Å²) in [6.45, 7) is 5.71. The van der Waals surface area contributed by atoms with Crippen molar-refractivity contribution in [1.29, 1.82) is 5.26 Å². The van der Waals surface area contributed by atoms with Gasteiger partial charge in [-0.15, -0.1) is 0 Å². The summed E-state index contributed by atoms with van der Waals surface area (Å²) in [5, 5.41) is 9.38. The molecule has 1 unspecified atom stereocenters. The zero-order chi connectivity index (χ0) is 17.7. The minimum absolute atomic E-state index is 0.0244. The molecule has 1 aromatic rings. The van der Waals surface area contributed by atoms with E-state index in [9.17, 15) is 14.0 Å².